The number of nitrogens with zero attached hydrogens (tertiary/aromatic N) is 1. The van der Waals surface area contributed by atoms with Gasteiger partial charge in [-0.15, -0.1) is 0 Å². The van der Waals surface area contributed by atoms with Gasteiger partial charge in [0, 0.05) is 28.5 Å². The molecule has 1 aromatic heterocycles. The zero-order valence-electron chi connectivity index (χ0n) is 17.9. The maximum absolute atomic E-state index is 3.84. The van der Waals surface area contributed by atoms with E-state index in [0.717, 1.165) is 11.3 Å². The van der Waals surface area contributed by atoms with E-state index in [0.29, 0.717) is 0 Å². The van der Waals surface area contributed by atoms with Crippen LogP contribution in [0.2, 0.25) is 0 Å². The number of H-pyrrole nitrogens is 1. The monoisotopic (exact) mass is 430 g/mol. The Hall–Kier alpha value is -3.44. The normalized spacial score (nSPS) is 13.4. The van der Waals surface area contributed by atoms with Crippen molar-refractivity contribution in [1.29, 1.82) is 0 Å². The lowest BCUT2D eigenvalue weighted by Gasteiger charge is -2.33. The molecule has 5 aromatic rings. The van der Waals surface area contributed by atoms with Crippen LogP contribution in [-0.4, -0.2) is 11.7 Å². The predicted molar refractivity (Wildman–Crippen MR) is 134 cm³/mol. The number of anilines is 2. The van der Waals surface area contributed by atoms with Crippen molar-refractivity contribution >= 4 is 57.3 Å². The van der Waals surface area contributed by atoms with Gasteiger partial charge in [0.25, 0.3) is 5.82 Å². The van der Waals surface area contributed by atoms with Gasteiger partial charge in [0.2, 0.25) is 12.2 Å². The number of aromatic amines is 1. The van der Waals surface area contributed by atoms with Gasteiger partial charge in [0.1, 0.15) is 5.69 Å². The molecule has 0 amide bonds. The third-order valence-corrected chi connectivity index (χ3v) is 7.95. The molecule has 2 N–H and O–H groups in total. The molecule has 0 unspecified atom stereocenters. The number of aryl methyl sites for hydroxylation is 2. The Labute approximate surface area is 191 Å². The van der Waals surface area contributed by atoms with Gasteiger partial charge in [-0.05, 0) is 41.6 Å². The van der Waals surface area contributed by atoms with Crippen molar-refractivity contribution in [2.45, 2.75) is 23.6 Å². The van der Waals surface area contributed by atoms with E-state index in [2.05, 4.69) is 108 Å². The molecule has 5 heteroatoms. The first-order valence-corrected chi connectivity index (χ1v) is 11.8. The number of benzene rings is 4. The Morgan fingerprint density at radius 1 is 0.812 bits per heavy atom. The minimum Gasteiger partial charge on any atom is -0.353 e. The van der Waals surface area contributed by atoms with Gasteiger partial charge in [-0.25, -0.2) is 4.98 Å². The summed E-state index contributed by atoms with van der Waals surface area (Å²) in [5.74, 6) is 1.13. The van der Waals surface area contributed by atoms with E-state index >= 15 is 0 Å². The SMILES string of the molecule is Cc1ccccc1-[n+]1c(C)[nH]c2cc3c4c(c21)Nc1ccccc1B4c1ccccc1S3. The van der Waals surface area contributed by atoms with Crippen LogP contribution in [0.4, 0.5) is 11.4 Å². The molecule has 3 nitrogen and oxygen atoms in total. The van der Waals surface area contributed by atoms with Crippen LogP contribution in [0.25, 0.3) is 16.7 Å². The summed E-state index contributed by atoms with van der Waals surface area (Å²) >= 11 is 1.88. The minimum absolute atomic E-state index is 0.236. The fourth-order valence-electron chi connectivity index (χ4n) is 5.43. The molecule has 0 saturated heterocycles. The lowest BCUT2D eigenvalue weighted by Crippen LogP contribution is -2.58. The van der Waals surface area contributed by atoms with Crippen molar-refractivity contribution in [3.05, 3.63) is 90.3 Å². The molecule has 3 heterocycles. The Balaban J connectivity index is 1.62. The molecule has 0 fully saturated rings. The number of hydrogen-bond acceptors (Lipinski definition) is 2. The zero-order valence-corrected chi connectivity index (χ0v) is 18.8. The summed E-state index contributed by atoms with van der Waals surface area (Å²) in [6, 6.07) is 28.6. The molecular formula is C27H21BN3S+. The largest absolute Gasteiger partial charge is 0.353 e. The summed E-state index contributed by atoms with van der Waals surface area (Å²) < 4.78 is 2.38. The summed E-state index contributed by atoms with van der Waals surface area (Å²) in [6.45, 7) is 4.58. The van der Waals surface area contributed by atoms with E-state index in [9.17, 15) is 0 Å². The fourth-order valence-corrected chi connectivity index (χ4v) is 6.62. The summed E-state index contributed by atoms with van der Waals surface area (Å²) in [6.07, 6.45) is 0. The molecule has 32 heavy (non-hydrogen) atoms. The third kappa shape index (κ3) is 2.37. The number of rotatable bonds is 1. The van der Waals surface area contributed by atoms with E-state index < -0.39 is 0 Å². The highest BCUT2D eigenvalue weighted by molar-refractivity contribution is 8.00. The second kappa shape index (κ2) is 6.53. The number of aromatic nitrogens is 2. The van der Waals surface area contributed by atoms with E-state index in [4.69, 9.17) is 0 Å². The molecule has 152 valence electrons. The second-order valence-electron chi connectivity index (χ2n) is 8.68. The first-order chi connectivity index (χ1) is 15.7. The highest BCUT2D eigenvalue weighted by atomic mass is 32.2. The molecule has 0 bridgehead atoms. The quantitative estimate of drug-likeness (QED) is 0.304. The summed E-state index contributed by atoms with van der Waals surface area (Å²) in [7, 11) is 0. The van der Waals surface area contributed by atoms with Crippen LogP contribution < -0.4 is 26.3 Å². The zero-order chi connectivity index (χ0) is 21.4. The summed E-state index contributed by atoms with van der Waals surface area (Å²) in [5, 5.41) is 3.84. The van der Waals surface area contributed by atoms with E-state index in [1.54, 1.807) is 0 Å². The van der Waals surface area contributed by atoms with Crippen LogP contribution in [0.3, 0.4) is 0 Å². The number of imidazole rings is 1. The molecular weight excluding hydrogens is 409 g/mol. The number of para-hydroxylation sites is 2. The van der Waals surface area contributed by atoms with Crippen molar-refractivity contribution in [3.63, 3.8) is 0 Å². The Morgan fingerprint density at radius 3 is 2.44 bits per heavy atom. The van der Waals surface area contributed by atoms with Crippen molar-refractivity contribution in [2.75, 3.05) is 5.32 Å². The van der Waals surface area contributed by atoms with Crippen LogP contribution in [0.1, 0.15) is 11.4 Å². The number of nitrogens with one attached hydrogen (secondary N) is 2. The minimum atomic E-state index is 0.236. The standard InChI is InChI=1S/C27H20BN3S/c1-16-9-3-7-13-22(16)31-17(2)29-21-15-24-25-26(27(21)31)30-20-12-6-4-10-18(20)28(25)19-11-5-8-14-23(19)32-24/h3-15,30H,1-2H3/p+1. The molecule has 4 aromatic carbocycles. The maximum atomic E-state index is 3.84. The van der Waals surface area contributed by atoms with Crippen LogP contribution in [0.5, 0.6) is 0 Å². The molecule has 0 aliphatic carbocycles. The van der Waals surface area contributed by atoms with Gasteiger partial charge in [-0.1, -0.05) is 71.8 Å². The van der Waals surface area contributed by atoms with Crippen molar-refractivity contribution in [2.24, 2.45) is 0 Å². The highest BCUT2D eigenvalue weighted by Crippen LogP contribution is 2.38. The summed E-state index contributed by atoms with van der Waals surface area (Å²) in [5.41, 5.74) is 11.4. The van der Waals surface area contributed by atoms with Crippen LogP contribution in [0.15, 0.2) is 88.7 Å². The second-order valence-corrected chi connectivity index (χ2v) is 9.76. The Bertz CT molecular complexity index is 1560. The fraction of sp³-hybridized carbons (Fsp3) is 0.0741. The predicted octanol–water partition coefficient (Wildman–Crippen LogP) is 4.10. The van der Waals surface area contributed by atoms with Gasteiger partial charge < -0.3 is 5.32 Å². The smallest absolute Gasteiger partial charge is 0.257 e. The molecule has 2 aliphatic heterocycles. The number of fused-ring (bicyclic) bond motifs is 6. The number of hydrogen-bond donors (Lipinski definition) is 2. The van der Waals surface area contributed by atoms with Crippen molar-refractivity contribution in [1.82, 2.24) is 4.98 Å². The first-order valence-electron chi connectivity index (χ1n) is 11.0. The van der Waals surface area contributed by atoms with Crippen molar-refractivity contribution in [3.8, 4) is 5.69 Å². The topological polar surface area (TPSA) is 31.7 Å². The third-order valence-electron chi connectivity index (χ3n) is 6.80. The highest BCUT2D eigenvalue weighted by Gasteiger charge is 2.40. The molecule has 0 atom stereocenters. The summed E-state index contributed by atoms with van der Waals surface area (Å²) in [4.78, 5) is 6.35. The van der Waals surface area contributed by atoms with Gasteiger partial charge in [-0.2, -0.15) is 4.57 Å². The Kier molecular flexibility index (Phi) is 3.71. The molecule has 0 radical (unpaired) electrons. The Morgan fingerprint density at radius 2 is 1.56 bits per heavy atom. The van der Waals surface area contributed by atoms with Gasteiger partial charge >= 0.3 is 0 Å². The van der Waals surface area contributed by atoms with Gasteiger partial charge in [-0.3, -0.25) is 0 Å². The van der Waals surface area contributed by atoms with Crippen LogP contribution >= 0.6 is 11.8 Å². The van der Waals surface area contributed by atoms with E-state index in [1.807, 2.05) is 11.8 Å². The maximum Gasteiger partial charge on any atom is 0.257 e. The van der Waals surface area contributed by atoms with Crippen molar-refractivity contribution < 1.29 is 4.57 Å². The molecule has 0 saturated carbocycles. The van der Waals surface area contributed by atoms with Gasteiger partial charge in [0.15, 0.2) is 5.52 Å². The average molecular weight is 430 g/mol. The molecule has 7 rings (SSSR count). The van der Waals surface area contributed by atoms with Gasteiger partial charge in [0.05, 0.1) is 5.69 Å². The van der Waals surface area contributed by atoms with Crippen LogP contribution in [-0.2, 0) is 0 Å². The first kappa shape index (κ1) is 18.2. The molecule has 2 aliphatic rings. The van der Waals surface area contributed by atoms with Crippen LogP contribution in [0, 0.1) is 13.8 Å². The lowest BCUT2D eigenvalue weighted by atomic mass is 9.35. The lowest BCUT2D eigenvalue weighted by molar-refractivity contribution is -0.574. The molecule has 0 spiro atoms. The van der Waals surface area contributed by atoms with E-state index in [1.165, 1.54) is 54.3 Å². The van der Waals surface area contributed by atoms with E-state index in [-0.39, 0.29) is 6.71 Å². The average Bonchev–Trinajstić information content (AvgIpc) is 3.14.